The topological polar surface area (TPSA) is 84.2 Å². The number of terminal acetylenes is 1. The van der Waals surface area contributed by atoms with Crippen LogP contribution in [0.1, 0.15) is 19.3 Å². The summed E-state index contributed by atoms with van der Waals surface area (Å²) in [6.45, 7) is 0.842. The summed E-state index contributed by atoms with van der Waals surface area (Å²) in [6.07, 6.45) is 6.94. The van der Waals surface area contributed by atoms with E-state index in [0.29, 0.717) is 0 Å². The highest BCUT2D eigenvalue weighted by molar-refractivity contribution is 5.83. The van der Waals surface area contributed by atoms with Gasteiger partial charge in [-0.2, -0.15) is 0 Å². The lowest BCUT2D eigenvalue weighted by atomic mass is 10.1. The van der Waals surface area contributed by atoms with E-state index in [4.69, 9.17) is 12.2 Å². The van der Waals surface area contributed by atoms with Gasteiger partial charge in [0, 0.05) is 0 Å². The van der Waals surface area contributed by atoms with Gasteiger partial charge in [0.05, 0.1) is 18.5 Å². The number of primary amides is 1. The number of amides is 2. The van der Waals surface area contributed by atoms with Crippen molar-refractivity contribution in [2.75, 3.05) is 6.54 Å². The molecule has 2 atom stereocenters. The van der Waals surface area contributed by atoms with Gasteiger partial charge in [0.2, 0.25) is 11.8 Å². The second-order valence-corrected chi connectivity index (χ2v) is 3.55. The summed E-state index contributed by atoms with van der Waals surface area (Å²) in [6, 6.07) is -0.786. The summed E-state index contributed by atoms with van der Waals surface area (Å²) in [5.41, 5.74) is 5.00. The molecule has 1 fully saturated rings. The van der Waals surface area contributed by atoms with Gasteiger partial charge in [0.1, 0.15) is 0 Å². The van der Waals surface area contributed by atoms with E-state index in [2.05, 4.69) is 16.6 Å². The van der Waals surface area contributed by atoms with Crippen molar-refractivity contribution in [2.45, 2.75) is 31.3 Å². The molecule has 0 bridgehead atoms. The van der Waals surface area contributed by atoms with E-state index < -0.39 is 11.9 Å². The second kappa shape index (κ2) is 5.37. The SMILES string of the molecule is C#CC(CC(N)=O)NC(=O)[C@@H]1CCCN1. The fraction of sp³-hybridized carbons (Fsp3) is 0.600. The summed E-state index contributed by atoms with van der Waals surface area (Å²) in [5.74, 6) is 1.66. The number of nitrogens with two attached hydrogens (primary N) is 1. The molecule has 0 spiro atoms. The van der Waals surface area contributed by atoms with Gasteiger partial charge in [-0.05, 0) is 19.4 Å². The molecule has 0 saturated carbocycles. The Kier molecular flexibility index (Phi) is 4.13. The van der Waals surface area contributed by atoms with Crippen LogP contribution in [0.15, 0.2) is 0 Å². The molecular weight excluding hydrogens is 194 g/mol. The first-order valence-electron chi connectivity index (χ1n) is 4.91. The first-order chi connectivity index (χ1) is 7.13. The number of hydrogen-bond donors (Lipinski definition) is 3. The zero-order chi connectivity index (χ0) is 11.3. The van der Waals surface area contributed by atoms with Gasteiger partial charge in [-0.3, -0.25) is 9.59 Å². The van der Waals surface area contributed by atoms with Crippen LogP contribution in [0.4, 0.5) is 0 Å². The highest BCUT2D eigenvalue weighted by Crippen LogP contribution is 2.05. The van der Waals surface area contributed by atoms with Crippen molar-refractivity contribution in [3.8, 4) is 12.3 Å². The van der Waals surface area contributed by atoms with E-state index in [9.17, 15) is 9.59 Å². The predicted molar refractivity (Wildman–Crippen MR) is 55.6 cm³/mol. The summed E-state index contributed by atoms with van der Waals surface area (Å²) in [5, 5.41) is 5.64. The lowest BCUT2D eigenvalue weighted by Gasteiger charge is -2.15. The highest BCUT2D eigenvalue weighted by Gasteiger charge is 2.23. The Bertz CT molecular complexity index is 290. The Hall–Kier alpha value is -1.54. The Balaban J connectivity index is 2.41. The van der Waals surface area contributed by atoms with E-state index in [1.165, 1.54) is 0 Å². The predicted octanol–water partition coefficient (Wildman–Crippen LogP) is -1.27. The van der Waals surface area contributed by atoms with Crippen LogP contribution in [0.5, 0.6) is 0 Å². The number of rotatable bonds is 4. The quantitative estimate of drug-likeness (QED) is 0.505. The summed E-state index contributed by atoms with van der Waals surface area (Å²) in [7, 11) is 0. The molecule has 1 saturated heterocycles. The van der Waals surface area contributed by atoms with Gasteiger partial charge in [-0.25, -0.2) is 0 Å². The lowest BCUT2D eigenvalue weighted by molar-refractivity contribution is -0.123. The summed E-state index contributed by atoms with van der Waals surface area (Å²) < 4.78 is 0. The van der Waals surface area contributed by atoms with Crippen LogP contribution >= 0.6 is 0 Å². The van der Waals surface area contributed by atoms with Gasteiger partial charge in [0.15, 0.2) is 0 Å². The smallest absolute Gasteiger partial charge is 0.238 e. The minimum Gasteiger partial charge on any atom is -0.370 e. The normalized spacial score (nSPS) is 21.7. The van der Waals surface area contributed by atoms with Crippen LogP contribution in [-0.2, 0) is 9.59 Å². The Labute approximate surface area is 88.8 Å². The van der Waals surface area contributed by atoms with Crippen LogP contribution in [0.25, 0.3) is 0 Å². The average molecular weight is 209 g/mol. The average Bonchev–Trinajstić information content (AvgIpc) is 2.68. The van der Waals surface area contributed by atoms with Crippen molar-refractivity contribution in [3.63, 3.8) is 0 Å². The van der Waals surface area contributed by atoms with E-state index in [0.717, 1.165) is 19.4 Å². The van der Waals surface area contributed by atoms with E-state index in [1.807, 2.05) is 0 Å². The molecule has 0 radical (unpaired) electrons. The molecule has 82 valence electrons. The molecule has 1 unspecified atom stereocenters. The molecule has 0 aromatic rings. The molecule has 0 aliphatic carbocycles. The fourth-order valence-corrected chi connectivity index (χ4v) is 1.53. The van der Waals surface area contributed by atoms with Crippen LogP contribution < -0.4 is 16.4 Å². The number of hydrogen-bond acceptors (Lipinski definition) is 3. The number of carbonyl (C=O) groups is 2. The van der Waals surface area contributed by atoms with E-state index in [1.54, 1.807) is 0 Å². The minimum absolute atomic E-state index is 0.0189. The first-order valence-corrected chi connectivity index (χ1v) is 4.91. The third-order valence-electron chi connectivity index (χ3n) is 2.30. The molecule has 5 nitrogen and oxygen atoms in total. The van der Waals surface area contributed by atoms with Gasteiger partial charge >= 0.3 is 0 Å². The summed E-state index contributed by atoms with van der Waals surface area (Å²) in [4.78, 5) is 22.2. The fourth-order valence-electron chi connectivity index (χ4n) is 1.53. The van der Waals surface area contributed by atoms with E-state index in [-0.39, 0.29) is 18.4 Å². The van der Waals surface area contributed by atoms with Crippen molar-refractivity contribution >= 4 is 11.8 Å². The Morgan fingerprint density at radius 2 is 2.40 bits per heavy atom. The van der Waals surface area contributed by atoms with Crippen LogP contribution in [0, 0.1) is 12.3 Å². The van der Waals surface area contributed by atoms with Crippen LogP contribution in [0.3, 0.4) is 0 Å². The molecule has 0 aromatic carbocycles. The second-order valence-electron chi connectivity index (χ2n) is 3.55. The monoisotopic (exact) mass is 209 g/mol. The van der Waals surface area contributed by atoms with Gasteiger partial charge in [-0.15, -0.1) is 6.42 Å². The van der Waals surface area contributed by atoms with Crippen molar-refractivity contribution in [1.82, 2.24) is 10.6 Å². The van der Waals surface area contributed by atoms with Crippen molar-refractivity contribution in [2.24, 2.45) is 5.73 Å². The molecular formula is C10H15N3O2. The van der Waals surface area contributed by atoms with Gasteiger partial charge in [0.25, 0.3) is 0 Å². The zero-order valence-electron chi connectivity index (χ0n) is 8.45. The summed E-state index contributed by atoms with van der Waals surface area (Å²) >= 11 is 0. The Morgan fingerprint density at radius 1 is 1.67 bits per heavy atom. The van der Waals surface area contributed by atoms with Gasteiger partial charge in [-0.1, -0.05) is 5.92 Å². The molecule has 15 heavy (non-hydrogen) atoms. The number of carbonyl (C=O) groups excluding carboxylic acids is 2. The van der Waals surface area contributed by atoms with Crippen molar-refractivity contribution in [3.05, 3.63) is 0 Å². The maximum atomic E-state index is 11.6. The van der Waals surface area contributed by atoms with Crippen molar-refractivity contribution in [1.29, 1.82) is 0 Å². The third-order valence-corrected chi connectivity index (χ3v) is 2.30. The van der Waals surface area contributed by atoms with Crippen molar-refractivity contribution < 1.29 is 9.59 Å². The lowest BCUT2D eigenvalue weighted by Crippen LogP contribution is -2.45. The standard InChI is InChI=1S/C10H15N3O2/c1-2-7(6-9(11)14)13-10(15)8-4-3-5-12-8/h1,7-8,12H,3-6H2,(H2,11,14)(H,13,15)/t7?,8-/m0/s1. The molecule has 1 aliphatic rings. The molecule has 1 heterocycles. The first kappa shape index (κ1) is 11.5. The van der Waals surface area contributed by atoms with E-state index >= 15 is 0 Å². The van der Waals surface area contributed by atoms with Crippen LogP contribution in [-0.4, -0.2) is 30.4 Å². The Morgan fingerprint density at radius 3 is 2.87 bits per heavy atom. The largest absolute Gasteiger partial charge is 0.370 e. The zero-order valence-corrected chi connectivity index (χ0v) is 8.45. The minimum atomic E-state index is -0.600. The highest BCUT2D eigenvalue weighted by atomic mass is 16.2. The molecule has 1 aliphatic heterocycles. The van der Waals surface area contributed by atoms with Crippen LogP contribution in [0.2, 0.25) is 0 Å². The molecule has 4 N–H and O–H groups in total. The number of nitrogens with one attached hydrogen (secondary N) is 2. The maximum absolute atomic E-state index is 11.6. The molecule has 5 heteroatoms. The third kappa shape index (κ3) is 3.60. The van der Waals surface area contributed by atoms with Gasteiger partial charge < -0.3 is 16.4 Å². The molecule has 0 aromatic heterocycles. The molecule has 1 rings (SSSR count). The molecule has 2 amide bonds. The maximum Gasteiger partial charge on any atom is 0.238 e.